The van der Waals surface area contributed by atoms with Crippen LogP contribution in [0.25, 0.3) is 0 Å². The number of amides is 2. The lowest BCUT2D eigenvalue weighted by atomic mass is 9.98. The number of carbonyl (C=O) groups is 4. The van der Waals surface area contributed by atoms with Gasteiger partial charge in [-0.25, -0.2) is 4.79 Å². The highest BCUT2D eigenvalue weighted by Crippen LogP contribution is 2.45. The lowest BCUT2D eigenvalue weighted by Gasteiger charge is -2.49. The van der Waals surface area contributed by atoms with E-state index in [1.54, 1.807) is 20.8 Å². The molecule has 0 bridgehead atoms. The molecule has 2 aliphatic heterocycles. The molecule has 1 aromatic carbocycles. The molecule has 0 radical (unpaired) electrons. The van der Waals surface area contributed by atoms with Crippen LogP contribution in [0.1, 0.15) is 36.9 Å². The zero-order chi connectivity index (χ0) is 28.3. The lowest BCUT2D eigenvalue weighted by Crippen LogP contribution is -2.70. The second-order valence-electron chi connectivity index (χ2n) is 9.77. The van der Waals surface area contributed by atoms with Gasteiger partial charge in [0, 0.05) is 16.5 Å². The fraction of sp³-hybridized carbons (Fsp3) is 0.440. The van der Waals surface area contributed by atoms with E-state index in [0.29, 0.717) is 20.9 Å². The van der Waals surface area contributed by atoms with E-state index in [0.717, 1.165) is 16.1 Å². The van der Waals surface area contributed by atoms with Crippen molar-refractivity contribution >= 4 is 70.2 Å². The Labute approximate surface area is 243 Å². The molecule has 2 amide bonds. The number of rotatable bonds is 9. The molecule has 0 aliphatic carbocycles. The molecule has 1 aromatic heterocycles. The van der Waals surface area contributed by atoms with Crippen LogP contribution in [0.15, 0.2) is 39.2 Å². The van der Waals surface area contributed by atoms with Crippen molar-refractivity contribution in [1.29, 1.82) is 0 Å². The molecule has 2 aliphatic rings. The summed E-state index contributed by atoms with van der Waals surface area (Å²) in [5, 5.41) is 11.2. The van der Waals surface area contributed by atoms with Crippen LogP contribution in [0.5, 0.6) is 0 Å². The van der Waals surface area contributed by atoms with Crippen molar-refractivity contribution < 1.29 is 28.7 Å². The molecule has 2 unspecified atom stereocenters. The number of hydrogen-bond acceptors (Lipinski definition) is 11. The maximum Gasteiger partial charge on any atom is 0.358 e. The van der Waals surface area contributed by atoms with Gasteiger partial charge in [0.2, 0.25) is 12.7 Å². The summed E-state index contributed by atoms with van der Waals surface area (Å²) >= 11 is 9.84. The second-order valence-corrected chi connectivity index (χ2v) is 13.7. The first-order valence-corrected chi connectivity index (χ1v) is 15.1. The average molecular weight is 611 g/mol. The number of nitrogens with zero attached hydrogens (tertiary/aromatic N) is 3. The molecule has 39 heavy (non-hydrogen) atoms. The van der Waals surface area contributed by atoms with Crippen LogP contribution in [-0.4, -0.2) is 62.8 Å². The van der Waals surface area contributed by atoms with E-state index in [9.17, 15) is 19.2 Å². The first kappa shape index (κ1) is 29.4. The van der Waals surface area contributed by atoms with Crippen molar-refractivity contribution in [2.45, 2.75) is 55.8 Å². The molecule has 0 saturated carbocycles. The van der Waals surface area contributed by atoms with Crippen molar-refractivity contribution in [3.63, 3.8) is 0 Å². The fourth-order valence-corrected chi connectivity index (χ4v) is 7.29. The van der Waals surface area contributed by atoms with Crippen LogP contribution in [0.4, 0.5) is 0 Å². The average Bonchev–Trinajstić information content (AvgIpc) is 3.31. The van der Waals surface area contributed by atoms with Gasteiger partial charge in [-0.3, -0.25) is 19.3 Å². The van der Waals surface area contributed by atoms with Crippen molar-refractivity contribution in [2.24, 2.45) is 5.41 Å². The molecule has 10 nitrogen and oxygen atoms in total. The van der Waals surface area contributed by atoms with E-state index in [1.807, 2.05) is 31.2 Å². The number of aromatic nitrogens is 2. The second kappa shape index (κ2) is 12.3. The quantitative estimate of drug-likeness (QED) is 0.195. The molecule has 2 atom stereocenters. The monoisotopic (exact) mass is 610 g/mol. The van der Waals surface area contributed by atoms with Gasteiger partial charge < -0.3 is 14.8 Å². The topological polar surface area (TPSA) is 128 Å². The van der Waals surface area contributed by atoms with Gasteiger partial charge in [0.1, 0.15) is 22.1 Å². The maximum absolute atomic E-state index is 13.2. The van der Waals surface area contributed by atoms with Gasteiger partial charge in [-0.15, -0.1) is 33.6 Å². The Kier molecular flexibility index (Phi) is 9.25. The number of ether oxygens (including phenoxy) is 2. The van der Waals surface area contributed by atoms with E-state index in [4.69, 9.17) is 21.1 Å². The molecule has 4 rings (SSSR count). The molecule has 1 fully saturated rings. The summed E-state index contributed by atoms with van der Waals surface area (Å²) < 4.78 is 10.9. The van der Waals surface area contributed by atoms with E-state index in [2.05, 4.69) is 15.5 Å². The minimum atomic E-state index is -0.803. The zero-order valence-corrected chi connectivity index (χ0v) is 24.9. The predicted molar refractivity (Wildman–Crippen MR) is 149 cm³/mol. The molecule has 14 heteroatoms. The molecule has 2 aromatic rings. The highest BCUT2D eigenvalue weighted by atomic mass is 35.5. The van der Waals surface area contributed by atoms with E-state index in [-0.39, 0.29) is 18.0 Å². The number of aryl methyl sites for hydroxylation is 1. The van der Waals surface area contributed by atoms with Crippen molar-refractivity contribution in [3.05, 3.63) is 51.0 Å². The minimum absolute atomic E-state index is 0.0515. The van der Waals surface area contributed by atoms with Crippen LogP contribution in [0.2, 0.25) is 0 Å². The molecule has 1 N–H and O–H groups in total. The highest BCUT2D eigenvalue weighted by Gasteiger charge is 2.54. The lowest BCUT2D eigenvalue weighted by molar-refractivity contribution is -0.173. The van der Waals surface area contributed by atoms with Crippen molar-refractivity contribution in [1.82, 2.24) is 20.4 Å². The van der Waals surface area contributed by atoms with Crippen LogP contribution >= 0.6 is 46.5 Å². The number of carbonyl (C=O) groups excluding carboxylic acids is 4. The molecule has 3 heterocycles. The number of benzene rings is 1. The number of nitrogens with one attached hydrogen (secondary N) is 1. The van der Waals surface area contributed by atoms with Crippen LogP contribution < -0.4 is 5.32 Å². The summed E-state index contributed by atoms with van der Waals surface area (Å²) in [7, 11) is 0. The molecular formula is C25H27ClN4O6S3. The third-order valence-electron chi connectivity index (χ3n) is 5.70. The Hall–Kier alpha value is -2.61. The first-order chi connectivity index (χ1) is 18.5. The smallest absolute Gasteiger partial charge is 0.358 e. The van der Waals surface area contributed by atoms with E-state index < -0.39 is 41.5 Å². The van der Waals surface area contributed by atoms with Crippen molar-refractivity contribution in [3.8, 4) is 0 Å². The minimum Gasteiger partial charge on any atom is -0.427 e. The van der Waals surface area contributed by atoms with Gasteiger partial charge in [0.05, 0.1) is 11.8 Å². The Morgan fingerprint density at radius 3 is 2.46 bits per heavy atom. The molecule has 208 valence electrons. The SMILES string of the molecule is Cc1nnc(SC2=C(C(=O)OCOC(=O)C(C)(C)C)N3C(=O)C(NC(=O)Cc4ccc(CCl)cc4)C3SC2)s1. The number of thioether (sulfide) groups is 2. The summed E-state index contributed by atoms with van der Waals surface area (Å²) in [4.78, 5) is 53.1. The van der Waals surface area contributed by atoms with E-state index in [1.165, 1.54) is 39.8 Å². The molecule has 0 spiro atoms. The van der Waals surface area contributed by atoms with Crippen LogP contribution in [0.3, 0.4) is 0 Å². The number of β-lactam (4-membered cyclic amide) rings is 1. The van der Waals surface area contributed by atoms with Crippen LogP contribution in [0, 0.1) is 12.3 Å². The predicted octanol–water partition coefficient (Wildman–Crippen LogP) is 3.62. The maximum atomic E-state index is 13.2. The normalized spacial score (nSPS) is 18.8. The number of fused-ring (bicyclic) bond motifs is 1. The highest BCUT2D eigenvalue weighted by molar-refractivity contribution is 8.07. The van der Waals surface area contributed by atoms with Gasteiger partial charge in [0.25, 0.3) is 5.91 Å². The van der Waals surface area contributed by atoms with E-state index >= 15 is 0 Å². The van der Waals surface area contributed by atoms with Crippen molar-refractivity contribution in [2.75, 3.05) is 12.5 Å². The van der Waals surface area contributed by atoms with Gasteiger partial charge in [-0.1, -0.05) is 47.4 Å². The standard InChI is InChI=1S/C25H27ClN4O6S3/c1-13-28-29-24(38-13)39-16-11-37-21-18(27-17(31)9-14-5-7-15(10-26)8-6-14)20(32)30(21)19(16)22(33)35-12-36-23(34)25(2,3)4/h5-8,18,21H,9-12H2,1-4H3,(H,27,31). The fourth-order valence-electron chi connectivity index (χ4n) is 3.66. The van der Waals surface area contributed by atoms with Gasteiger partial charge >= 0.3 is 11.9 Å². The third kappa shape index (κ3) is 6.94. The van der Waals surface area contributed by atoms with Crippen LogP contribution in [-0.2, 0) is 41.0 Å². The largest absolute Gasteiger partial charge is 0.427 e. The summed E-state index contributed by atoms with van der Waals surface area (Å²) in [6.45, 7) is 6.28. The number of halogens is 1. The number of alkyl halides is 1. The van der Waals surface area contributed by atoms with Gasteiger partial charge in [-0.05, 0) is 38.8 Å². The Bertz CT molecular complexity index is 1310. The Morgan fingerprint density at radius 2 is 1.85 bits per heavy atom. The summed E-state index contributed by atoms with van der Waals surface area (Å²) in [5.74, 6) is -1.30. The molecule has 1 saturated heterocycles. The number of hydrogen-bond donors (Lipinski definition) is 1. The Morgan fingerprint density at radius 1 is 1.15 bits per heavy atom. The van der Waals surface area contributed by atoms with Gasteiger partial charge in [-0.2, -0.15) is 0 Å². The summed E-state index contributed by atoms with van der Waals surface area (Å²) in [6, 6.07) is 6.56. The first-order valence-electron chi connectivity index (χ1n) is 11.9. The Balaban J connectivity index is 1.47. The van der Waals surface area contributed by atoms with Gasteiger partial charge in [0.15, 0.2) is 4.34 Å². The summed E-state index contributed by atoms with van der Waals surface area (Å²) in [5.41, 5.74) is 1.03. The third-order valence-corrected chi connectivity index (χ3v) is 9.44. The summed E-state index contributed by atoms with van der Waals surface area (Å²) in [6.07, 6.45) is 0.102. The zero-order valence-electron chi connectivity index (χ0n) is 21.7. The molecular weight excluding hydrogens is 584 g/mol. The number of esters is 2.